The van der Waals surface area contributed by atoms with Crippen LogP contribution in [0.1, 0.15) is 22.3 Å². The Morgan fingerprint density at radius 2 is 0.534 bits per heavy atom. The highest BCUT2D eigenvalue weighted by Gasteiger charge is 2.18. The van der Waals surface area contributed by atoms with Crippen LogP contribution in [0.15, 0.2) is 146 Å². The van der Waals surface area contributed by atoms with E-state index in [1.807, 2.05) is 109 Å². The zero-order valence-electron chi connectivity index (χ0n) is 32.3. The molecule has 0 saturated carbocycles. The monoisotopic (exact) mass is 750 g/mol. The Balaban J connectivity index is 1.38. The number of nitrogens with zero attached hydrogens (tertiary/aromatic N) is 4. The van der Waals surface area contributed by atoms with Gasteiger partial charge in [-0.15, -0.1) is 0 Å². The summed E-state index contributed by atoms with van der Waals surface area (Å²) in [7, 11) is 3.35. The van der Waals surface area contributed by atoms with Crippen molar-refractivity contribution in [1.29, 1.82) is 21.0 Å². The van der Waals surface area contributed by atoms with Crippen LogP contribution in [-0.4, -0.2) is 14.2 Å². The number of nitriles is 4. The Morgan fingerprint density at radius 3 is 0.741 bits per heavy atom. The van der Waals surface area contributed by atoms with Crippen molar-refractivity contribution in [2.75, 3.05) is 14.2 Å². The van der Waals surface area contributed by atoms with Crippen LogP contribution < -0.4 is 9.47 Å². The molecule has 0 aliphatic carbocycles. The second kappa shape index (κ2) is 17.7. The number of benzene rings is 7. The molecule has 7 rings (SSSR count). The van der Waals surface area contributed by atoms with Gasteiger partial charge in [-0.25, -0.2) is 0 Å². The zero-order valence-corrected chi connectivity index (χ0v) is 32.3. The molecule has 278 valence electrons. The third-order valence-corrected chi connectivity index (χ3v) is 10.3. The van der Waals surface area contributed by atoms with Gasteiger partial charge in [-0.1, -0.05) is 97.1 Å². The number of ether oxygens (including phenoxy) is 2. The lowest BCUT2D eigenvalue weighted by Crippen LogP contribution is -1.96. The Bertz CT molecular complexity index is 2410. The largest absolute Gasteiger partial charge is 0.496 e. The lowest BCUT2D eigenvalue weighted by atomic mass is 9.89. The Kier molecular flexibility index (Phi) is 11.7. The first-order valence-electron chi connectivity index (χ1n) is 18.9. The molecular weight excluding hydrogens is 713 g/mol. The van der Waals surface area contributed by atoms with E-state index in [2.05, 4.69) is 60.7 Å². The number of rotatable bonds is 12. The molecular formula is C52H38N4O2. The van der Waals surface area contributed by atoms with Crippen molar-refractivity contribution in [2.24, 2.45) is 0 Å². The van der Waals surface area contributed by atoms with Gasteiger partial charge in [0.15, 0.2) is 0 Å². The predicted molar refractivity (Wildman–Crippen MR) is 229 cm³/mol. The van der Waals surface area contributed by atoms with Crippen molar-refractivity contribution in [2.45, 2.75) is 25.7 Å². The molecule has 0 saturated heterocycles. The van der Waals surface area contributed by atoms with Crippen molar-refractivity contribution >= 4 is 0 Å². The van der Waals surface area contributed by atoms with Crippen LogP contribution in [0.4, 0.5) is 0 Å². The van der Waals surface area contributed by atoms with Crippen LogP contribution in [0.5, 0.6) is 11.5 Å². The van der Waals surface area contributed by atoms with Gasteiger partial charge in [0.2, 0.25) is 0 Å². The summed E-state index contributed by atoms with van der Waals surface area (Å²) < 4.78 is 12.3. The molecule has 0 radical (unpaired) electrons. The maximum absolute atomic E-state index is 9.24. The molecule has 0 amide bonds. The minimum Gasteiger partial charge on any atom is -0.496 e. The van der Waals surface area contributed by atoms with Gasteiger partial charge in [0.05, 0.1) is 64.2 Å². The lowest BCUT2D eigenvalue weighted by Gasteiger charge is -2.19. The van der Waals surface area contributed by atoms with E-state index in [1.54, 1.807) is 14.2 Å². The maximum atomic E-state index is 9.24. The Morgan fingerprint density at radius 1 is 0.310 bits per heavy atom. The minimum atomic E-state index is 0.345. The normalized spacial score (nSPS) is 10.4. The molecule has 0 atom stereocenters. The van der Waals surface area contributed by atoms with E-state index in [0.29, 0.717) is 37.2 Å². The van der Waals surface area contributed by atoms with Crippen LogP contribution in [0.2, 0.25) is 0 Å². The predicted octanol–water partition coefficient (Wildman–Crippen LogP) is 12.0. The van der Waals surface area contributed by atoms with Crippen LogP contribution >= 0.6 is 0 Å². The van der Waals surface area contributed by atoms with Crippen LogP contribution in [0, 0.1) is 45.3 Å². The number of hydrogen-bond donors (Lipinski definition) is 0. The fourth-order valence-electron chi connectivity index (χ4n) is 7.21. The van der Waals surface area contributed by atoms with Gasteiger partial charge in [0.25, 0.3) is 0 Å². The van der Waals surface area contributed by atoms with Gasteiger partial charge in [-0.3, -0.25) is 0 Å². The van der Waals surface area contributed by atoms with Gasteiger partial charge < -0.3 is 9.47 Å². The van der Waals surface area contributed by atoms with E-state index in [4.69, 9.17) is 9.47 Å². The molecule has 7 aromatic carbocycles. The summed E-state index contributed by atoms with van der Waals surface area (Å²) in [6.07, 6.45) is 1.38. The fourth-order valence-corrected chi connectivity index (χ4v) is 7.21. The number of hydrogen-bond acceptors (Lipinski definition) is 6. The van der Waals surface area contributed by atoms with E-state index in [0.717, 1.165) is 89.0 Å². The molecule has 0 bridgehead atoms. The van der Waals surface area contributed by atoms with Crippen molar-refractivity contribution in [1.82, 2.24) is 0 Å². The molecule has 6 nitrogen and oxygen atoms in total. The second-order valence-electron chi connectivity index (χ2n) is 14.0. The molecule has 0 aliphatic rings. The number of methoxy groups -OCH3 is 2. The standard InChI is InChI=1S/C52H38N4O2/c1-57-51-33-50(48-31-45(41-15-7-37(8-16-41)21-25-55)28-46(32-48)42-17-9-38(10-18-42)22-26-56)52(58-2)34-49(51)47-29-43(39-11-3-35(4-12-39)19-23-53)27-44(30-47)40-13-5-36(6-14-40)20-24-54/h3-18,27-34H,19-22H2,1-2H3. The summed E-state index contributed by atoms with van der Waals surface area (Å²) in [6, 6.07) is 58.2. The average molecular weight is 751 g/mol. The summed E-state index contributed by atoms with van der Waals surface area (Å²) >= 11 is 0. The highest BCUT2D eigenvalue weighted by Crippen LogP contribution is 2.45. The highest BCUT2D eigenvalue weighted by molar-refractivity contribution is 5.89. The first kappa shape index (κ1) is 38.4. The molecule has 0 aromatic heterocycles. The molecule has 0 N–H and O–H groups in total. The molecule has 0 spiro atoms. The topological polar surface area (TPSA) is 114 Å². The molecule has 58 heavy (non-hydrogen) atoms. The summed E-state index contributed by atoms with van der Waals surface area (Å²) in [5.41, 5.74) is 15.4. The van der Waals surface area contributed by atoms with Crippen molar-refractivity contribution in [3.8, 4) is 103 Å². The highest BCUT2D eigenvalue weighted by atomic mass is 16.5. The van der Waals surface area contributed by atoms with Crippen LogP contribution in [0.3, 0.4) is 0 Å². The van der Waals surface area contributed by atoms with Gasteiger partial charge >= 0.3 is 0 Å². The molecule has 0 aliphatic heterocycles. The third-order valence-electron chi connectivity index (χ3n) is 10.3. The Labute approximate surface area is 339 Å². The van der Waals surface area contributed by atoms with E-state index in [1.165, 1.54) is 0 Å². The average Bonchev–Trinajstić information content (AvgIpc) is 3.27. The first-order valence-corrected chi connectivity index (χ1v) is 18.9. The summed E-state index contributed by atoms with van der Waals surface area (Å²) in [5, 5.41) is 37.0. The van der Waals surface area contributed by atoms with Gasteiger partial charge in [-0.05, 0) is 126 Å². The van der Waals surface area contributed by atoms with Gasteiger partial charge in [-0.2, -0.15) is 21.0 Å². The zero-order chi connectivity index (χ0) is 40.4. The minimum absolute atomic E-state index is 0.345. The van der Waals surface area contributed by atoms with Gasteiger partial charge in [0, 0.05) is 11.1 Å². The molecule has 6 heteroatoms. The summed E-state index contributed by atoms with van der Waals surface area (Å²) in [6.45, 7) is 0. The third kappa shape index (κ3) is 8.49. The van der Waals surface area contributed by atoms with Crippen molar-refractivity contribution < 1.29 is 9.47 Å². The second-order valence-corrected chi connectivity index (χ2v) is 14.0. The van der Waals surface area contributed by atoms with Crippen molar-refractivity contribution in [3.05, 3.63) is 168 Å². The van der Waals surface area contributed by atoms with Crippen LogP contribution in [-0.2, 0) is 25.7 Å². The quantitative estimate of drug-likeness (QED) is 0.123. The molecule has 0 heterocycles. The Hall–Kier alpha value is -7.90. The van der Waals surface area contributed by atoms with Crippen molar-refractivity contribution in [3.63, 3.8) is 0 Å². The first-order chi connectivity index (χ1) is 28.4. The van der Waals surface area contributed by atoms with Crippen LogP contribution in [0.25, 0.3) is 66.8 Å². The molecule has 0 fully saturated rings. The van der Waals surface area contributed by atoms with Gasteiger partial charge in [0.1, 0.15) is 11.5 Å². The van der Waals surface area contributed by atoms with E-state index in [-0.39, 0.29) is 0 Å². The fraction of sp³-hybridized carbons (Fsp3) is 0.115. The summed E-state index contributed by atoms with van der Waals surface area (Å²) in [4.78, 5) is 0. The lowest BCUT2D eigenvalue weighted by molar-refractivity contribution is 0.406. The summed E-state index contributed by atoms with van der Waals surface area (Å²) in [5.74, 6) is 1.34. The van der Waals surface area contributed by atoms with E-state index >= 15 is 0 Å². The van der Waals surface area contributed by atoms with E-state index in [9.17, 15) is 21.0 Å². The molecule has 0 unspecified atom stereocenters. The maximum Gasteiger partial charge on any atom is 0.127 e. The van der Waals surface area contributed by atoms with E-state index < -0.39 is 0 Å². The SMILES string of the molecule is COc1cc(-c2cc(-c3ccc(CC#N)cc3)cc(-c3ccc(CC#N)cc3)c2)c(OC)cc1-c1cc(-c2ccc(CC#N)cc2)cc(-c2ccc(CC#N)cc2)c1. The smallest absolute Gasteiger partial charge is 0.127 e. The molecule has 7 aromatic rings.